The number of piperazine rings is 1. The van der Waals surface area contributed by atoms with Crippen LogP contribution in [0.5, 0.6) is 11.5 Å². The minimum absolute atomic E-state index is 0.0171. The Hall–Kier alpha value is -3.57. The van der Waals surface area contributed by atoms with Crippen molar-refractivity contribution in [3.05, 3.63) is 69.8 Å². The molecule has 0 unspecified atom stereocenters. The summed E-state index contributed by atoms with van der Waals surface area (Å²) in [7, 11) is 3.24. The van der Waals surface area contributed by atoms with Crippen LogP contribution in [0.2, 0.25) is 0 Å². The molecule has 1 fully saturated rings. The fourth-order valence-corrected chi connectivity index (χ4v) is 3.58. The van der Waals surface area contributed by atoms with Gasteiger partial charge in [0.25, 0.3) is 5.69 Å². The number of hydrogen-bond donors (Lipinski definition) is 0. The monoisotopic (exact) mass is 408 g/mol. The maximum atomic E-state index is 11.1. The molecule has 1 heterocycles. The minimum Gasteiger partial charge on any atom is -0.493 e. The van der Waals surface area contributed by atoms with Crippen LogP contribution in [0.3, 0.4) is 0 Å². The van der Waals surface area contributed by atoms with Crippen LogP contribution in [0.25, 0.3) is 5.70 Å². The maximum Gasteiger partial charge on any atom is 0.270 e. The van der Waals surface area contributed by atoms with E-state index in [9.17, 15) is 15.4 Å². The third kappa shape index (κ3) is 4.88. The van der Waals surface area contributed by atoms with Crippen molar-refractivity contribution >= 4 is 11.4 Å². The molecule has 0 spiro atoms. The Kier molecular flexibility index (Phi) is 6.88. The summed E-state index contributed by atoms with van der Waals surface area (Å²) in [5, 5.41) is 20.3. The maximum absolute atomic E-state index is 11.1. The molecule has 0 N–H and O–H groups in total. The summed E-state index contributed by atoms with van der Waals surface area (Å²) in [6.45, 7) is 3.85. The SMILES string of the molecule is COc1ccc(CN2CCN(/C(=C\C#N)c3cccc([N+](=O)[O-])c3)CC2)cc1OC. The topological polar surface area (TPSA) is 91.9 Å². The van der Waals surface area contributed by atoms with Crippen LogP contribution in [0.15, 0.2) is 48.5 Å². The first-order valence-electron chi connectivity index (χ1n) is 9.58. The number of allylic oxidation sites excluding steroid dienone is 1. The van der Waals surface area contributed by atoms with E-state index in [1.807, 2.05) is 18.2 Å². The molecular formula is C22H24N4O4. The molecule has 3 rings (SSSR count). The Morgan fingerprint density at radius 2 is 1.87 bits per heavy atom. The number of nitriles is 1. The Morgan fingerprint density at radius 3 is 2.50 bits per heavy atom. The standard InChI is InChI=1S/C22H24N4O4/c1-29-21-7-6-17(14-22(21)30-2)16-24-10-12-25(13-11-24)20(8-9-23)18-4-3-5-19(15-18)26(27)28/h3-8,14-15H,10-13,16H2,1-2H3/b20-8-. The molecule has 1 saturated heterocycles. The highest BCUT2D eigenvalue weighted by Gasteiger charge is 2.21. The van der Waals surface area contributed by atoms with Gasteiger partial charge >= 0.3 is 0 Å². The van der Waals surface area contributed by atoms with Gasteiger partial charge in [0.2, 0.25) is 0 Å². The average molecular weight is 408 g/mol. The van der Waals surface area contributed by atoms with Crippen molar-refractivity contribution in [3.8, 4) is 17.6 Å². The van der Waals surface area contributed by atoms with Crippen molar-refractivity contribution in [1.29, 1.82) is 5.26 Å². The summed E-state index contributed by atoms with van der Waals surface area (Å²) < 4.78 is 10.7. The molecule has 1 aliphatic heterocycles. The van der Waals surface area contributed by atoms with Crippen LogP contribution in [-0.2, 0) is 6.54 Å². The van der Waals surface area contributed by atoms with Gasteiger partial charge in [-0.25, -0.2) is 0 Å². The van der Waals surface area contributed by atoms with E-state index in [-0.39, 0.29) is 5.69 Å². The molecule has 2 aromatic carbocycles. The van der Waals surface area contributed by atoms with Gasteiger partial charge < -0.3 is 14.4 Å². The summed E-state index contributed by atoms with van der Waals surface area (Å²) in [5.74, 6) is 1.41. The molecule has 0 aliphatic carbocycles. The first kappa shape index (κ1) is 21.1. The summed E-state index contributed by atoms with van der Waals surface area (Å²) >= 11 is 0. The molecule has 0 aromatic heterocycles. The van der Waals surface area contributed by atoms with Gasteiger partial charge in [-0.05, 0) is 17.7 Å². The van der Waals surface area contributed by atoms with Crippen LogP contribution in [0, 0.1) is 21.4 Å². The van der Waals surface area contributed by atoms with E-state index in [0.717, 1.165) is 38.3 Å². The quantitative estimate of drug-likeness (QED) is 0.394. The molecular weight excluding hydrogens is 384 g/mol. The van der Waals surface area contributed by atoms with Gasteiger partial charge in [0.15, 0.2) is 11.5 Å². The predicted octanol–water partition coefficient (Wildman–Crippen LogP) is 3.29. The van der Waals surface area contributed by atoms with Crippen LogP contribution < -0.4 is 9.47 Å². The number of non-ortho nitro benzene ring substituents is 1. The summed E-state index contributed by atoms with van der Waals surface area (Å²) in [5.41, 5.74) is 2.54. The van der Waals surface area contributed by atoms with Gasteiger partial charge in [-0.3, -0.25) is 15.0 Å². The lowest BCUT2D eigenvalue weighted by Gasteiger charge is -2.37. The second-order valence-corrected chi connectivity index (χ2v) is 6.92. The highest BCUT2D eigenvalue weighted by Crippen LogP contribution is 2.29. The lowest BCUT2D eigenvalue weighted by atomic mass is 10.1. The zero-order valence-corrected chi connectivity index (χ0v) is 17.1. The predicted molar refractivity (Wildman–Crippen MR) is 113 cm³/mol. The molecule has 0 bridgehead atoms. The lowest BCUT2D eigenvalue weighted by Crippen LogP contribution is -2.44. The van der Waals surface area contributed by atoms with E-state index in [1.165, 1.54) is 18.2 Å². The smallest absolute Gasteiger partial charge is 0.270 e. The second-order valence-electron chi connectivity index (χ2n) is 6.92. The van der Waals surface area contributed by atoms with Gasteiger partial charge in [0.1, 0.15) is 0 Å². The zero-order chi connectivity index (χ0) is 21.5. The van der Waals surface area contributed by atoms with E-state index in [0.29, 0.717) is 22.8 Å². The first-order chi connectivity index (χ1) is 14.5. The zero-order valence-electron chi connectivity index (χ0n) is 17.1. The third-order valence-corrected chi connectivity index (χ3v) is 5.12. The van der Waals surface area contributed by atoms with Crippen molar-refractivity contribution in [2.24, 2.45) is 0 Å². The highest BCUT2D eigenvalue weighted by molar-refractivity contribution is 5.68. The number of methoxy groups -OCH3 is 2. The molecule has 30 heavy (non-hydrogen) atoms. The third-order valence-electron chi connectivity index (χ3n) is 5.12. The number of nitro benzene ring substituents is 1. The number of nitrogens with zero attached hydrogens (tertiary/aromatic N) is 4. The van der Waals surface area contributed by atoms with Crippen LogP contribution in [0.1, 0.15) is 11.1 Å². The number of hydrogen-bond acceptors (Lipinski definition) is 7. The average Bonchev–Trinajstić information content (AvgIpc) is 2.78. The van der Waals surface area contributed by atoms with Crippen molar-refractivity contribution in [3.63, 3.8) is 0 Å². The molecule has 1 aliphatic rings. The van der Waals surface area contributed by atoms with E-state index >= 15 is 0 Å². The van der Waals surface area contributed by atoms with Crippen LogP contribution in [-0.4, -0.2) is 55.1 Å². The highest BCUT2D eigenvalue weighted by atomic mass is 16.6. The number of nitro groups is 1. The van der Waals surface area contributed by atoms with Gasteiger partial charge in [-0.1, -0.05) is 18.2 Å². The molecule has 156 valence electrons. The first-order valence-corrected chi connectivity index (χ1v) is 9.58. The Morgan fingerprint density at radius 1 is 1.13 bits per heavy atom. The molecule has 0 radical (unpaired) electrons. The minimum atomic E-state index is -0.422. The van der Waals surface area contributed by atoms with Gasteiger partial charge in [0, 0.05) is 56.5 Å². The van der Waals surface area contributed by atoms with E-state index < -0.39 is 4.92 Å². The van der Waals surface area contributed by atoms with Crippen molar-refractivity contribution in [2.75, 3.05) is 40.4 Å². The molecule has 2 aromatic rings. The van der Waals surface area contributed by atoms with Crippen LogP contribution >= 0.6 is 0 Å². The lowest BCUT2D eigenvalue weighted by molar-refractivity contribution is -0.384. The van der Waals surface area contributed by atoms with E-state index in [1.54, 1.807) is 26.4 Å². The molecule has 8 heteroatoms. The number of ether oxygens (including phenoxy) is 2. The van der Waals surface area contributed by atoms with E-state index in [2.05, 4.69) is 15.9 Å². The van der Waals surface area contributed by atoms with Crippen molar-refractivity contribution in [2.45, 2.75) is 6.54 Å². The fraction of sp³-hybridized carbons (Fsp3) is 0.318. The number of rotatable bonds is 7. The van der Waals surface area contributed by atoms with Gasteiger partial charge in [0.05, 0.1) is 30.9 Å². The summed E-state index contributed by atoms with van der Waals surface area (Å²) in [6, 6.07) is 14.4. The Bertz CT molecular complexity index is 975. The van der Waals surface area contributed by atoms with E-state index in [4.69, 9.17) is 9.47 Å². The Balaban J connectivity index is 1.68. The van der Waals surface area contributed by atoms with Gasteiger partial charge in [-0.2, -0.15) is 5.26 Å². The molecule has 0 amide bonds. The second kappa shape index (κ2) is 9.76. The molecule has 0 atom stereocenters. The largest absolute Gasteiger partial charge is 0.493 e. The fourth-order valence-electron chi connectivity index (χ4n) is 3.58. The molecule has 8 nitrogen and oxygen atoms in total. The van der Waals surface area contributed by atoms with Crippen LogP contribution in [0.4, 0.5) is 5.69 Å². The Labute approximate surface area is 175 Å². The summed E-state index contributed by atoms with van der Waals surface area (Å²) in [6.07, 6.45) is 1.46. The van der Waals surface area contributed by atoms with Crippen molar-refractivity contribution < 1.29 is 14.4 Å². The van der Waals surface area contributed by atoms with Crippen molar-refractivity contribution in [1.82, 2.24) is 9.80 Å². The van der Waals surface area contributed by atoms with Gasteiger partial charge in [-0.15, -0.1) is 0 Å². The normalized spacial score (nSPS) is 14.8. The number of benzene rings is 2. The molecule has 0 saturated carbocycles. The summed E-state index contributed by atoms with van der Waals surface area (Å²) in [4.78, 5) is 15.1.